The van der Waals surface area contributed by atoms with Crippen molar-refractivity contribution in [3.05, 3.63) is 70.9 Å². The molecule has 0 saturated carbocycles. The van der Waals surface area contributed by atoms with Crippen molar-refractivity contribution in [2.24, 2.45) is 5.92 Å². The summed E-state index contributed by atoms with van der Waals surface area (Å²) in [6.45, 7) is 0.851. The van der Waals surface area contributed by atoms with Crippen molar-refractivity contribution in [3.8, 4) is 0 Å². The Kier molecular flexibility index (Phi) is 8.65. The number of nitrogens with zero attached hydrogens (tertiary/aromatic N) is 3. The van der Waals surface area contributed by atoms with Gasteiger partial charge in [0.25, 0.3) is 5.91 Å². The van der Waals surface area contributed by atoms with Gasteiger partial charge in [0.1, 0.15) is 0 Å². The van der Waals surface area contributed by atoms with Crippen molar-refractivity contribution >= 4 is 28.7 Å². The lowest BCUT2D eigenvalue weighted by Crippen LogP contribution is -2.58. The van der Waals surface area contributed by atoms with E-state index >= 15 is 0 Å². The van der Waals surface area contributed by atoms with Gasteiger partial charge in [-0.15, -0.1) is 0 Å². The molecule has 2 amide bonds. The van der Waals surface area contributed by atoms with Crippen LogP contribution in [0.2, 0.25) is 0 Å². The quantitative estimate of drug-likeness (QED) is 0.381. The standard InChI is InChI=1S/C30H30F6N4O4/c31-29(32,33)21-11-19(12-22(14-21)30(34,35)36)27(42)40-10-9-38(17-26(41)39-7-5-18(6-8-39)28(43)44)16-23(40)13-20-15-37-25-4-2-1-3-24(20)25/h1-4,11-12,14-15,18,23,37H,5-10,13,16-17H2,(H,43,44)/t23-/m1/s1. The number of hydrogen-bond acceptors (Lipinski definition) is 4. The Morgan fingerprint density at radius 3 is 2.14 bits per heavy atom. The fourth-order valence-electron chi connectivity index (χ4n) is 5.97. The van der Waals surface area contributed by atoms with E-state index in [1.165, 1.54) is 4.90 Å². The van der Waals surface area contributed by atoms with Crippen LogP contribution >= 0.6 is 0 Å². The monoisotopic (exact) mass is 624 g/mol. The number of piperidine rings is 1. The van der Waals surface area contributed by atoms with Gasteiger partial charge >= 0.3 is 18.3 Å². The number of aliphatic carboxylic acids is 1. The Hall–Kier alpha value is -4.07. The second kappa shape index (κ2) is 12.1. The molecule has 0 radical (unpaired) electrons. The van der Waals surface area contributed by atoms with Gasteiger partial charge in [-0.05, 0) is 49.1 Å². The van der Waals surface area contributed by atoms with Crippen molar-refractivity contribution in [1.29, 1.82) is 0 Å². The number of halogens is 6. The lowest BCUT2D eigenvalue weighted by atomic mass is 9.97. The maximum Gasteiger partial charge on any atom is 0.416 e. The molecule has 5 rings (SSSR count). The van der Waals surface area contributed by atoms with Gasteiger partial charge in [-0.25, -0.2) is 0 Å². The predicted molar refractivity (Wildman–Crippen MR) is 147 cm³/mol. The van der Waals surface area contributed by atoms with Gasteiger partial charge in [0, 0.05) is 61.4 Å². The second-order valence-corrected chi connectivity index (χ2v) is 11.2. The van der Waals surface area contributed by atoms with Crippen LogP contribution in [-0.4, -0.2) is 87.9 Å². The molecule has 236 valence electrons. The fourth-order valence-corrected chi connectivity index (χ4v) is 5.97. The Labute approximate surface area is 248 Å². The van der Waals surface area contributed by atoms with E-state index in [1.54, 1.807) is 11.1 Å². The number of aromatic nitrogens is 1. The molecular formula is C30H30F6N4O4. The summed E-state index contributed by atoms with van der Waals surface area (Å²) < 4.78 is 81.2. The smallest absolute Gasteiger partial charge is 0.416 e. The third kappa shape index (κ3) is 6.85. The Morgan fingerprint density at radius 1 is 0.886 bits per heavy atom. The number of amides is 2. The number of piperazine rings is 1. The van der Waals surface area contributed by atoms with Crippen molar-refractivity contribution in [2.75, 3.05) is 39.3 Å². The minimum Gasteiger partial charge on any atom is -0.481 e. The van der Waals surface area contributed by atoms with Crippen LogP contribution in [0.4, 0.5) is 26.3 Å². The predicted octanol–water partition coefficient (Wildman–Crippen LogP) is 4.90. The number of alkyl halides is 6. The van der Waals surface area contributed by atoms with Gasteiger partial charge in [-0.3, -0.25) is 19.3 Å². The van der Waals surface area contributed by atoms with Gasteiger partial charge in [-0.1, -0.05) is 18.2 Å². The largest absolute Gasteiger partial charge is 0.481 e. The molecule has 0 aliphatic carbocycles. The topological polar surface area (TPSA) is 96.9 Å². The lowest BCUT2D eigenvalue weighted by Gasteiger charge is -2.42. The summed E-state index contributed by atoms with van der Waals surface area (Å²) in [5, 5.41) is 10.1. The normalized spacial score (nSPS) is 19.0. The number of carboxylic acids is 1. The Balaban J connectivity index is 1.40. The summed E-state index contributed by atoms with van der Waals surface area (Å²) in [5.74, 6) is -2.59. The molecule has 0 unspecified atom stereocenters. The molecule has 3 heterocycles. The molecule has 2 saturated heterocycles. The number of para-hydroxylation sites is 1. The third-order valence-electron chi connectivity index (χ3n) is 8.35. The first kappa shape index (κ1) is 31.4. The third-order valence-corrected chi connectivity index (χ3v) is 8.35. The highest BCUT2D eigenvalue weighted by Crippen LogP contribution is 2.37. The van der Waals surface area contributed by atoms with E-state index in [1.807, 2.05) is 29.2 Å². The molecule has 8 nitrogen and oxygen atoms in total. The molecule has 2 aromatic carbocycles. The highest BCUT2D eigenvalue weighted by atomic mass is 19.4. The number of rotatable bonds is 6. The summed E-state index contributed by atoms with van der Waals surface area (Å²) in [4.78, 5) is 45.8. The first-order valence-electron chi connectivity index (χ1n) is 14.1. The SMILES string of the molecule is O=C(O)C1CCN(C(=O)CN2CCN(C(=O)c3cc(C(F)(F)F)cc(C(F)(F)F)c3)[C@H](Cc3c[nH]c4ccccc34)C2)CC1. The zero-order chi connectivity index (χ0) is 31.8. The minimum atomic E-state index is -5.10. The first-order chi connectivity index (χ1) is 20.7. The molecule has 2 N–H and O–H groups in total. The fraction of sp³-hybridized carbons (Fsp3) is 0.433. The number of benzene rings is 2. The van der Waals surface area contributed by atoms with Gasteiger partial charge in [0.05, 0.1) is 23.6 Å². The maximum absolute atomic E-state index is 13.7. The summed E-state index contributed by atoms with van der Waals surface area (Å²) in [5.41, 5.74) is -2.24. The number of carbonyl (C=O) groups excluding carboxylic acids is 2. The average molecular weight is 625 g/mol. The second-order valence-electron chi connectivity index (χ2n) is 11.2. The van der Waals surface area contributed by atoms with Crippen LogP contribution in [0.3, 0.4) is 0 Å². The number of carboxylic acid groups (broad SMARTS) is 1. The number of fused-ring (bicyclic) bond motifs is 1. The van der Waals surface area contributed by atoms with E-state index in [-0.39, 0.29) is 44.6 Å². The molecule has 2 aliphatic heterocycles. The zero-order valence-electron chi connectivity index (χ0n) is 23.4. The molecule has 44 heavy (non-hydrogen) atoms. The molecular weight excluding hydrogens is 594 g/mol. The summed E-state index contributed by atoms with van der Waals surface area (Å²) >= 11 is 0. The van der Waals surface area contributed by atoms with Crippen LogP contribution in [0, 0.1) is 5.92 Å². The molecule has 0 bridgehead atoms. The highest BCUT2D eigenvalue weighted by Gasteiger charge is 2.39. The van der Waals surface area contributed by atoms with Gasteiger partial charge in [-0.2, -0.15) is 26.3 Å². The number of likely N-dealkylation sites (tertiary alicyclic amines) is 1. The van der Waals surface area contributed by atoms with E-state index in [9.17, 15) is 45.8 Å². The van der Waals surface area contributed by atoms with E-state index in [0.717, 1.165) is 16.5 Å². The van der Waals surface area contributed by atoms with Crippen LogP contribution < -0.4 is 0 Å². The van der Waals surface area contributed by atoms with E-state index in [2.05, 4.69) is 4.98 Å². The number of carbonyl (C=O) groups is 3. The van der Waals surface area contributed by atoms with E-state index in [0.29, 0.717) is 38.1 Å². The van der Waals surface area contributed by atoms with E-state index < -0.39 is 52.9 Å². The van der Waals surface area contributed by atoms with Gasteiger partial charge in [0.2, 0.25) is 5.91 Å². The molecule has 2 fully saturated rings. The number of H-pyrrole nitrogens is 1. The van der Waals surface area contributed by atoms with Crippen molar-refractivity contribution in [3.63, 3.8) is 0 Å². The summed E-state index contributed by atoms with van der Waals surface area (Å²) in [6.07, 6.45) is -7.55. The van der Waals surface area contributed by atoms with Crippen LogP contribution in [0.15, 0.2) is 48.7 Å². The van der Waals surface area contributed by atoms with Crippen molar-refractivity contribution in [1.82, 2.24) is 19.7 Å². The lowest BCUT2D eigenvalue weighted by molar-refractivity contribution is -0.146. The van der Waals surface area contributed by atoms with Gasteiger partial charge in [0.15, 0.2) is 0 Å². The summed E-state index contributed by atoms with van der Waals surface area (Å²) in [6, 6.07) is 7.56. The molecule has 14 heteroatoms. The molecule has 1 atom stereocenters. The van der Waals surface area contributed by atoms with E-state index in [4.69, 9.17) is 0 Å². The van der Waals surface area contributed by atoms with Crippen molar-refractivity contribution < 1.29 is 45.8 Å². The Morgan fingerprint density at radius 2 is 1.52 bits per heavy atom. The zero-order valence-corrected chi connectivity index (χ0v) is 23.4. The minimum absolute atomic E-state index is 0.0109. The maximum atomic E-state index is 13.7. The van der Waals surface area contributed by atoms with Crippen molar-refractivity contribution in [2.45, 2.75) is 37.7 Å². The number of hydrogen-bond donors (Lipinski definition) is 2. The van der Waals surface area contributed by atoms with Crippen LogP contribution in [0.25, 0.3) is 10.9 Å². The average Bonchev–Trinajstić information content (AvgIpc) is 3.38. The molecule has 3 aromatic rings. The first-order valence-corrected chi connectivity index (χ1v) is 14.1. The number of nitrogens with one attached hydrogen (secondary N) is 1. The number of aromatic amines is 1. The molecule has 1 aromatic heterocycles. The highest BCUT2D eigenvalue weighted by molar-refractivity contribution is 5.95. The Bertz CT molecular complexity index is 1510. The van der Waals surface area contributed by atoms with Crippen LogP contribution in [0.5, 0.6) is 0 Å². The van der Waals surface area contributed by atoms with Crippen LogP contribution in [-0.2, 0) is 28.4 Å². The molecule has 2 aliphatic rings. The van der Waals surface area contributed by atoms with Crippen LogP contribution in [0.1, 0.15) is 39.9 Å². The van der Waals surface area contributed by atoms with Gasteiger partial charge < -0.3 is 19.9 Å². The molecule has 0 spiro atoms. The summed E-state index contributed by atoms with van der Waals surface area (Å²) in [7, 11) is 0.